The molecule has 1 aromatic carbocycles. The van der Waals surface area contributed by atoms with Gasteiger partial charge in [-0.3, -0.25) is 9.78 Å². The van der Waals surface area contributed by atoms with Gasteiger partial charge in [0.05, 0.1) is 11.4 Å². The third-order valence-electron chi connectivity index (χ3n) is 2.96. The van der Waals surface area contributed by atoms with Gasteiger partial charge < -0.3 is 5.11 Å². The lowest BCUT2D eigenvalue weighted by Crippen LogP contribution is -1.93. The summed E-state index contributed by atoms with van der Waals surface area (Å²) < 4.78 is 0. The van der Waals surface area contributed by atoms with E-state index in [1.165, 1.54) is 29.5 Å². The van der Waals surface area contributed by atoms with E-state index in [-0.39, 0.29) is 11.5 Å². The molecule has 5 heteroatoms. The second-order valence-electron chi connectivity index (χ2n) is 4.54. The topological polar surface area (TPSA) is 63.1 Å². The van der Waals surface area contributed by atoms with Gasteiger partial charge in [-0.15, -0.1) is 11.3 Å². The summed E-state index contributed by atoms with van der Waals surface area (Å²) >= 11 is 1.48. The van der Waals surface area contributed by atoms with Gasteiger partial charge in [-0.2, -0.15) is 0 Å². The van der Waals surface area contributed by atoms with Crippen molar-refractivity contribution in [1.29, 1.82) is 0 Å². The molecule has 0 unspecified atom stereocenters. The number of aromatic hydroxyl groups is 1. The van der Waals surface area contributed by atoms with Crippen molar-refractivity contribution >= 4 is 23.2 Å². The molecule has 0 radical (unpaired) electrons. The molecule has 2 aromatic heterocycles. The van der Waals surface area contributed by atoms with Crippen LogP contribution in [-0.4, -0.2) is 20.9 Å². The van der Waals surface area contributed by atoms with Gasteiger partial charge in [0.1, 0.15) is 10.8 Å². The maximum atomic E-state index is 12.0. The summed E-state index contributed by atoms with van der Waals surface area (Å²) in [5.41, 5.74) is 2.06. The summed E-state index contributed by atoms with van der Waals surface area (Å²) in [6.45, 7) is 0. The fourth-order valence-corrected chi connectivity index (χ4v) is 2.62. The molecule has 4 nitrogen and oxygen atoms in total. The van der Waals surface area contributed by atoms with Gasteiger partial charge in [0.25, 0.3) is 0 Å². The highest BCUT2D eigenvalue weighted by atomic mass is 32.1. The van der Waals surface area contributed by atoms with Crippen molar-refractivity contribution in [2.75, 3.05) is 0 Å². The van der Waals surface area contributed by atoms with Crippen molar-refractivity contribution in [2.45, 2.75) is 0 Å². The molecule has 0 aliphatic heterocycles. The molecule has 0 aliphatic rings. The summed E-state index contributed by atoms with van der Waals surface area (Å²) in [7, 11) is 0. The van der Waals surface area contributed by atoms with Crippen LogP contribution >= 0.6 is 11.3 Å². The molecule has 0 fully saturated rings. The molecule has 0 atom stereocenters. The normalized spacial score (nSPS) is 10.9. The summed E-state index contributed by atoms with van der Waals surface area (Å²) in [6.07, 6.45) is 4.88. The van der Waals surface area contributed by atoms with Gasteiger partial charge >= 0.3 is 0 Å². The number of phenols is 1. The lowest BCUT2D eigenvalue weighted by Gasteiger charge is -1.95. The molecular weight excluding hydrogens is 296 g/mol. The van der Waals surface area contributed by atoms with Crippen LogP contribution in [0.15, 0.2) is 60.1 Å². The summed E-state index contributed by atoms with van der Waals surface area (Å²) in [5, 5.41) is 11.9. The van der Waals surface area contributed by atoms with E-state index in [4.69, 9.17) is 0 Å². The van der Waals surface area contributed by atoms with Gasteiger partial charge in [-0.1, -0.05) is 6.07 Å². The number of hydrogen-bond donors (Lipinski definition) is 1. The Bertz CT molecular complexity index is 808. The van der Waals surface area contributed by atoms with E-state index in [1.807, 2.05) is 23.6 Å². The van der Waals surface area contributed by atoms with Crippen LogP contribution in [0.25, 0.3) is 16.8 Å². The molecule has 0 spiro atoms. The highest BCUT2D eigenvalue weighted by Crippen LogP contribution is 2.22. The van der Waals surface area contributed by atoms with Gasteiger partial charge in [-0.25, -0.2) is 4.98 Å². The maximum absolute atomic E-state index is 12.0. The number of nitrogens with zero attached hydrogens (tertiary/aromatic N) is 2. The first-order valence-corrected chi connectivity index (χ1v) is 7.49. The van der Waals surface area contributed by atoms with Crippen LogP contribution < -0.4 is 0 Å². The number of hydrogen-bond acceptors (Lipinski definition) is 5. The molecule has 1 N–H and O–H groups in total. The number of rotatable bonds is 4. The fourth-order valence-electron chi connectivity index (χ4n) is 1.85. The molecule has 22 heavy (non-hydrogen) atoms. The number of ketones is 1. The minimum atomic E-state index is -0.132. The second kappa shape index (κ2) is 6.32. The first kappa shape index (κ1) is 14.2. The molecule has 0 saturated carbocycles. The van der Waals surface area contributed by atoms with Crippen molar-refractivity contribution < 1.29 is 9.90 Å². The van der Waals surface area contributed by atoms with E-state index in [2.05, 4.69) is 9.97 Å². The number of thiazole rings is 1. The zero-order valence-electron chi connectivity index (χ0n) is 11.5. The van der Waals surface area contributed by atoms with Gasteiger partial charge in [-0.05, 0) is 48.6 Å². The lowest BCUT2D eigenvalue weighted by molar-refractivity contribution is 0.104. The van der Waals surface area contributed by atoms with Crippen molar-refractivity contribution in [3.63, 3.8) is 0 Å². The minimum Gasteiger partial charge on any atom is -0.508 e. The molecule has 108 valence electrons. The first-order chi connectivity index (χ1) is 10.7. The lowest BCUT2D eigenvalue weighted by atomic mass is 10.1. The Kier molecular flexibility index (Phi) is 4.07. The van der Waals surface area contributed by atoms with E-state index in [9.17, 15) is 9.90 Å². The quantitative estimate of drug-likeness (QED) is 0.588. The number of aromatic nitrogens is 2. The Morgan fingerprint density at radius 2 is 1.95 bits per heavy atom. The fraction of sp³-hybridized carbons (Fsp3) is 0. The van der Waals surface area contributed by atoms with E-state index < -0.39 is 0 Å². The van der Waals surface area contributed by atoms with Crippen LogP contribution in [0.2, 0.25) is 0 Å². The minimum absolute atomic E-state index is 0.132. The highest BCUT2D eigenvalue weighted by molar-refractivity contribution is 7.13. The van der Waals surface area contributed by atoms with Crippen LogP contribution in [0, 0.1) is 0 Å². The Balaban J connectivity index is 1.75. The predicted molar refractivity (Wildman–Crippen MR) is 86.8 cm³/mol. The average molecular weight is 308 g/mol. The SMILES string of the molecule is O=C(/C=C\c1csc(-c2ccccn2)n1)c1ccc(O)cc1. The first-order valence-electron chi connectivity index (χ1n) is 6.61. The molecule has 3 rings (SSSR count). The van der Waals surface area contributed by atoms with Gasteiger partial charge in [0.2, 0.25) is 0 Å². The summed E-state index contributed by atoms with van der Waals surface area (Å²) in [4.78, 5) is 20.7. The van der Waals surface area contributed by atoms with Crippen molar-refractivity contribution in [3.05, 3.63) is 71.4 Å². The molecule has 0 amide bonds. The molecule has 0 aliphatic carbocycles. The largest absolute Gasteiger partial charge is 0.508 e. The van der Waals surface area contributed by atoms with Gasteiger partial charge in [0, 0.05) is 17.1 Å². The van der Waals surface area contributed by atoms with Gasteiger partial charge in [0.15, 0.2) is 5.78 Å². The number of pyridine rings is 1. The van der Waals surface area contributed by atoms with E-state index in [0.29, 0.717) is 5.56 Å². The van der Waals surface area contributed by atoms with E-state index >= 15 is 0 Å². The predicted octanol–water partition coefficient (Wildman–Crippen LogP) is 3.81. The van der Waals surface area contributed by atoms with Crippen LogP contribution in [-0.2, 0) is 0 Å². The van der Waals surface area contributed by atoms with Crippen molar-refractivity contribution in [3.8, 4) is 16.5 Å². The van der Waals surface area contributed by atoms with E-state index in [0.717, 1.165) is 16.4 Å². The number of carbonyl (C=O) groups is 1. The Hall–Kier alpha value is -2.79. The molecule has 3 aromatic rings. The summed E-state index contributed by atoms with van der Waals surface area (Å²) in [6, 6.07) is 11.8. The number of benzene rings is 1. The third-order valence-corrected chi connectivity index (χ3v) is 3.85. The maximum Gasteiger partial charge on any atom is 0.185 e. The van der Waals surface area contributed by atoms with E-state index in [1.54, 1.807) is 24.4 Å². The summed E-state index contributed by atoms with van der Waals surface area (Å²) in [5.74, 6) is 0.00687. The number of phenolic OH excluding ortho intramolecular Hbond substituents is 1. The Labute approximate surface area is 131 Å². The second-order valence-corrected chi connectivity index (χ2v) is 5.40. The van der Waals surface area contributed by atoms with Crippen LogP contribution in [0.1, 0.15) is 16.1 Å². The molecule has 0 saturated heterocycles. The average Bonchev–Trinajstić information content (AvgIpc) is 3.03. The molecule has 0 bridgehead atoms. The zero-order chi connectivity index (χ0) is 15.4. The van der Waals surface area contributed by atoms with Crippen molar-refractivity contribution in [1.82, 2.24) is 9.97 Å². The monoisotopic (exact) mass is 308 g/mol. The van der Waals surface area contributed by atoms with Crippen LogP contribution in [0.5, 0.6) is 5.75 Å². The highest BCUT2D eigenvalue weighted by Gasteiger charge is 2.05. The van der Waals surface area contributed by atoms with Crippen LogP contribution in [0.3, 0.4) is 0 Å². The smallest absolute Gasteiger partial charge is 0.185 e. The number of allylic oxidation sites excluding steroid dienone is 1. The standard InChI is InChI=1S/C17H12N2O2S/c20-14-7-4-12(5-8-14)16(21)9-6-13-11-22-17(19-13)15-3-1-2-10-18-15/h1-11,20H/b9-6-. The zero-order valence-corrected chi connectivity index (χ0v) is 12.3. The third kappa shape index (κ3) is 3.27. The number of carbonyl (C=O) groups excluding carboxylic acids is 1. The molecule has 2 heterocycles. The molecular formula is C17H12N2O2S. The van der Waals surface area contributed by atoms with Crippen LogP contribution in [0.4, 0.5) is 0 Å². The van der Waals surface area contributed by atoms with Crippen molar-refractivity contribution in [2.24, 2.45) is 0 Å². The Morgan fingerprint density at radius 1 is 1.14 bits per heavy atom. The Morgan fingerprint density at radius 3 is 2.68 bits per heavy atom.